The van der Waals surface area contributed by atoms with Crippen molar-refractivity contribution in [3.05, 3.63) is 0 Å². The SMILES string of the molecule is CCOCCC(CC)(CC)CO. The van der Waals surface area contributed by atoms with Gasteiger partial charge < -0.3 is 9.84 Å². The largest absolute Gasteiger partial charge is 0.396 e. The molecule has 0 radical (unpaired) electrons. The number of aliphatic hydroxyl groups excluding tert-OH is 1. The van der Waals surface area contributed by atoms with Crippen LogP contribution in [0.1, 0.15) is 40.0 Å². The monoisotopic (exact) mass is 174 g/mol. The Kier molecular flexibility index (Phi) is 6.39. The van der Waals surface area contributed by atoms with E-state index in [1.165, 1.54) is 0 Å². The van der Waals surface area contributed by atoms with Gasteiger partial charge in [0.15, 0.2) is 0 Å². The number of ether oxygens (including phenoxy) is 1. The van der Waals surface area contributed by atoms with Gasteiger partial charge in [-0.15, -0.1) is 0 Å². The van der Waals surface area contributed by atoms with Gasteiger partial charge >= 0.3 is 0 Å². The minimum Gasteiger partial charge on any atom is -0.396 e. The van der Waals surface area contributed by atoms with Crippen LogP contribution >= 0.6 is 0 Å². The van der Waals surface area contributed by atoms with Gasteiger partial charge in [-0.3, -0.25) is 0 Å². The molecular weight excluding hydrogens is 152 g/mol. The van der Waals surface area contributed by atoms with Gasteiger partial charge in [0.25, 0.3) is 0 Å². The van der Waals surface area contributed by atoms with Crippen molar-refractivity contribution in [2.45, 2.75) is 40.0 Å². The molecule has 0 unspecified atom stereocenters. The van der Waals surface area contributed by atoms with Gasteiger partial charge in [-0.2, -0.15) is 0 Å². The van der Waals surface area contributed by atoms with Gasteiger partial charge in [0.2, 0.25) is 0 Å². The Bertz CT molecular complexity index is 89.7. The quantitative estimate of drug-likeness (QED) is 0.600. The fourth-order valence-electron chi connectivity index (χ4n) is 1.34. The summed E-state index contributed by atoms with van der Waals surface area (Å²) < 4.78 is 5.28. The minimum absolute atomic E-state index is 0.106. The molecule has 0 spiro atoms. The van der Waals surface area contributed by atoms with Crippen LogP contribution < -0.4 is 0 Å². The van der Waals surface area contributed by atoms with E-state index in [9.17, 15) is 5.11 Å². The summed E-state index contributed by atoms with van der Waals surface area (Å²) in [5, 5.41) is 9.22. The molecule has 0 aliphatic carbocycles. The summed E-state index contributed by atoms with van der Waals surface area (Å²) in [5.41, 5.74) is 0.106. The molecule has 0 aliphatic heterocycles. The second kappa shape index (κ2) is 6.44. The summed E-state index contributed by atoms with van der Waals surface area (Å²) >= 11 is 0. The Morgan fingerprint density at radius 3 is 2.08 bits per heavy atom. The Morgan fingerprint density at radius 2 is 1.75 bits per heavy atom. The molecular formula is C10H22O2. The highest BCUT2D eigenvalue weighted by Crippen LogP contribution is 2.29. The highest BCUT2D eigenvalue weighted by molar-refractivity contribution is 4.74. The molecule has 12 heavy (non-hydrogen) atoms. The third-order valence-corrected chi connectivity index (χ3v) is 2.82. The summed E-state index contributed by atoms with van der Waals surface area (Å²) in [6.45, 7) is 8.09. The van der Waals surface area contributed by atoms with Crippen LogP contribution in [-0.4, -0.2) is 24.9 Å². The van der Waals surface area contributed by atoms with Gasteiger partial charge in [-0.25, -0.2) is 0 Å². The van der Waals surface area contributed by atoms with Crippen molar-refractivity contribution in [1.82, 2.24) is 0 Å². The number of aliphatic hydroxyl groups is 1. The fraction of sp³-hybridized carbons (Fsp3) is 1.00. The topological polar surface area (TPSA) is 29.5 Å². The van der Waals surface area contributed by atoms with E-state index in [1.807, 2.05) is 6.92 Å². The van der Waals surface area contributed by atoms with Crippen molar-refractivity contribution in [1.29, 1.82) is 0 Å². The Labute approximate surface area is 75.9 Å². The van der Waals surface area contributed by atoms with Crippen LogP contribution in [0, 0.1) is 5.41 Å². The van der Waals surface area contributed by atoms with Gasteiger partial charge in [-0.1, -0.05) is 13.8 Å². The van der Waals surface area contributed by atoms with Crippen LogP contribution in [0.2, 0.25) is 0 Å². The summed E-state index contributed by atoms with van der Waals surface area (Å²) in [5.74, 6) is 0. The molecule has 74 valence electrons. The molecule has 0 aliphatic rings. The molecule has 0 fully saturated rings. The molecule has 1 N–H and O–H groups in total. The number of rotatable bonds is 7. The van der Waals surface area contributed by atoms with Crippen molar-refractivity contribution >= 4 is 0 Å². The molecule has 0 saturated heterocycles. The second-order valence-electron chi connectivity index (χ2n) is 3.31. The van der Waals surface area contributed by atoms with Crippen LogP contribution in [0.5, 0.6) is 0 Å². The molecule has 0 aromatic carbocycles. The first-order valence-electron chi connectivity index (χ1n) is 4.93. The fourth-order valence-corrected chi connectivity index (χ4v) is 1.34. The highest BCUT2D eigenvalue weighted by Gasteiger charge is 2.24. The Balaban J connectivity index is 3.76. The first-order valence-corrected chi connectivity index (χ1v) is 4.93. The third kappa shape index (κ3) is 3.55. The molecule has 0 aromatic heterocycles. The van der Waals surface area contributed by atoms with Crippen molar-refractivity contribution in [2.75, 3.05) is 19.8 Å². The minimum atomic E-state index is 0.106. The van der Waals surface area contributed by atoms with Crippen molar-refractivity contribution in [2.24, 2.45) is 5.41 Å². The lowest BCUT2D eigenvalue weighted by Gasteiger charge is -2.28. The predicted octanol–water partition coefficient (Wildman–Crippen LogP) is 2.21. The molecule has 0 atom stereocenters. The van der Waals surface area contributed by atoms with Gasteiger partial charge in [-0.05, 0) is 31.6 Å². The van der Waals surface area contributed by atoms with Gasteiger partial charge in [0.05, 0.1) is 0 Å². The predicted molar refractivity (Wildman–Crippen MR) is 51.2 cm³/mol. The Morgan fingerprint density at radius 1 is 1.17 bits per heavy atom. The zero-order chi connectivity index (χ0) is 9.45. The summed E-state index contributed by atoms with van der Waals surface area (Å²) in [4.78, 5) is 0. The van der Waals surface area contributed by atoms with E-state index >= 15 is 0 Å². The maximum Gasteiger partial charge on any atom is 0.0488 e. The lowest BCUT2D eigenvalue weighted by atomic mass is 9.80. The smallest absolute Gasteiger partial charge is 0.0488 e. The zero-order valence-electron chi connectivity index (χ0n) is 8.60. The molecule has 0 rings (SSSR count). The standard InChI is InChI=1S/C10H22O2/c1-4-10(5-2,9-11)7-8-12-6-3/h11H,4-9H2,1-3H3. The molecule has 0 amide bonds. The summed E-state index contributed by atoms with van der Waals surface area (Å²) in [6, 6.07) is 0. The van der Waals surface area contributed by atoms with Crippen molar-refractivity contribution in [3.63, 3.8) is 0 Å². The number of hydrogen-bond donors (Lipinski definition) is 1. The first-order chi connectivity index (χ1) is 5.74. The van der Waals surface area contributed by atoms with Gasteiger partial charge in [0.1, 0.15) is 0 Å². The van der Waals surface area contributed by atoms with E-state index in [0.29, 0.717) is 0 Å². The molecule has 0 bridgehead atoms. The van der Waals surface area contributed by atoms with E-state index < -0.39 is 0 Å². The average Bonchev–Trinajstić information content (AvgIpc) is 2.14. The Hall–Kier alpha value is -0.0800. The van der Waals surface area contributed by atoms with Crippen LogP contribution in [0.15, 0.2) is 0 Å². The molecule has 2 nitrogen and oxygen atoms in total. The highest BCUT2D eigenvalue weighted by atomic mass is 16.5. The zero-order valence-corrected chi connectivity index (χ0v) is 8.60. The van der Waals surface area contributed by atoms with E-state index in [-0.39, 0.29) is 12.0 Å². The van der Waals surface area contributed by atoms with Crippen LogP contribution in [0.25, 0.3) is 0 Å². The summed E-state index contributed by atoms with van der Waals surface area (Å²) in [7, 11) is 0. The summed E-state index contributed by atoms with van der Waals surface area (Å²) in [6.07, 6.45) is 3.05. The lowest BCUT2D eigenvalue weighted by Crippen LogP contribution is -2.25. The van der Waals surface area contributed by atoms with Crippen LogP contribution in [0.3, 0.4) is 0 Å². The average molecular weight is 174 g/mol. The van der Waals surface area contributed by atoms with Gasteiger partial charge in [0, 0.05) is 19.8 Å². The van der Waals surface area contributed by atoms with Crippen molar-refractivity contribution < 1.29 is 9.84 Å². The van der Waals surface area contributed by atoms with E-state index in [0.717, 1.165) is 32.5 Å². The lowest BCUT2D eigenvalue weighted by molar-refractivity contribution is 0.0553. The van der Waals surface area contributed by atoms with Crippen molar-refractivity contribution in [3.8, 4) is 0 Å². The molecule has 0 saturated carbocycles. The molecule has 0 heterocycles. The van der Waals surface area contributed by atoms with Crippen LogP contribution in [-0.2, 0) is 4.74 Å². The van der Waals surface area contributed by atoms with E-state index in [2.05, 4.69) is 13.8 Å². The second-order valence-corrected chi connectivity index (χ2v) is 3.31. The number of hydrogen-bond acceptors (Lipinski definition) is 2. The maximum absolute atomic E-state index is 9.22. The van der Waals surface area contributed by atoms with Crippen LogP contribution in [0.4, 0.5) is 0 Å². The molecule has 2 heteroatoms. The normalized spacial score (nSPS) is 12.0. The molecule has 0 aromatic rings. The van der Waals surface area contributed by atoms with E-state index in [4.69, 9.17) is 4.74 Å². The maximum atomic E-state index is 9.22. The first kappa shape index (κ1) is 11.9. The van der Waals surface area contributed by atoms with E-state index in [1.54, 1.807) is 0 Å². The third-order valence-electron chi connectivity index (χ3n) is 2.82.